The van der Waals surface area contributed by atoms with Crippen molar-refractivity contribution in [3.05, 3.63) is 0 Å². The van der Waals surface area contributed by atoms with E-state index >= 15 is 0 Å². The van der Waals surface area contributed by atoms with Gasteiger partial charge in [-0.25, -0.2) is 0 Å². The van der Waals surface area contributed by atoms with Crippen LogP contribution in [0.1, 0.15) is 92.4 Å². The summed E-state index contributed by atoms with van der Waals surface area (Å²) in [6, 6.07) is 0. The van der Waals surface area contributed by atoms with Crippen LogP contribution in [0.3, 0.4) is 0 Å². The number of carboxylic acid groups (broad SMARTS) is 1. The molecular weight excluding hydrogens is 274 g/mol. The molecule has 3 nitrogen and oxygen atoms in total. The van der Waals surface area contributed by atoms with E-state index in [0.717, 1.165) is 0 Å². The van der Waals surface area contributed by atoms with Crippen LogP contribution >= 0.6 is 0 Å². The van der Waals surface area contributed by atoms with E-state index in [1.165, 1.54) is 82.0 Å². The Morgan fingerprint density at radius 2 is 0.909 bits per heavy atom. The van der Waals surface area contributed by atoms with Crippen molar-refractivity contribution in [2.24, 2.45) is 0 Å². The smallest absolute Gasteiger partial charge is 0.303 e. The van der Waals surface area contributed by atoms with Crippen LogP contribution < -0.4 is 0 Å². The molecule has 3 heteroatoms. The quantitative estimate of drug-likeness (QED) is 0.456. The summed E-state index contributed by atoms with van der Waals surface area (Å²) in [6.07, 6.45) is 11.3. The first-order valence-corrected chi connectivity index (χ1v) is 9.58. The largest absolute Gasteiger partial charge is 0.481 e. The molecule has 0 aromatic rings. The van der Waals surface area contributed by atoms with Crippen molar-refractivity contribution < 1.29 is 14.4 Å². The molecule has 0 aliphatic carbocycles. The summed E-state index contributed by atoms with van der Waals surface area (Å²) >= 11 is 0. The van der Waals surface area contributed by atoms with Gasteiger partial charge in [-0.05, 0) is 25.7 Å². The van der Waals surface area contributed by atoms with E-state index in [4.69, 9.17) is 5.11 Å². The molecule has 0 unspecified atom stereocenters. The minimum absolute atomic E-state index is 0.222. The number of quaternary nitrogens is 1. The van der Waals surface area contributed by atoms with Crippen LogP contribution in [-0.2, 0) is 4.79 Å². The standard InChI is InChI=1S/C16H36N.C3H6O2/c1-5-9-13-17(14-10-6-2,15-11-7-3)16-12-8-4;1-2-3(4)5/h5-16H2,1-4H3;2H2,1H3,(H,4,5)/q+1;. The van der Waals surface area contributed by atoms with E-state index in [9.17, 15) is 4.79 Å². The Labute approximate surface area is 139 Å². The summed E-state index contributed by atoms with van der Waals surface area (Å²) in [6.45, 7) is 16.6. The molecule has 1 N–H and O–H groups in total. The lowest BCUT2D eigenvalue weighted by Gasteiger charge is -2.39. The molecule has 0 aliphatic heterocycles. The second-order valence-electron chi connectivity index (χ2n) is 6.40. The average molecular weight is 317 g/mol. The zero-order valence-corrected chi connectivity index (χ0v) is 16.0. The van der Waals surface area contributed by atoms with Crippen LogP contribution in [0.5, 0.6) is 0 Å². The summed E-state index contributed by atoms with van der Waals surface area (Å²) in [5.74, 6) is -0.745. The minimum atomic E-state index is -0.745. The van der Waals surface area contributed by atoms with Crippen LogP contribution in [0.4, 0.5) is 0 Å². The number of rotatable bonds is 13. The molecule has 0 saturated heterocycles. The van der Waals surface area contributed by atoms with E-state index in [0.29, 0.717) is 0 Å². The molecule has 0 rings (SSSR count). The van der Waals surface area contributed by atoms with E-state index in [1.54, 1.807) is 6.92 Å². The van der Waals surface area contributed by atoms with Gasteiger partial charge in [-0.1, -0.05) is 60.3 Å². The first-order chi connectivity index (χ1) is 10.5. The third-order valence-corrected chi connectivity index (χ3v) is 4.25. The summed E-state index contributed by atoms with van der Waals surface area (Å²) in [5.41, 5.74) is 0. The SMILES string of the molecule is CCC(=O)O.CCCC[N+](CCCC)(CCCC)CCCC. The fourth-order valence-corrected chi connectivity index (χ4v) is 2.64. The first kappa shape index (κ1) is 23.7. The zero-order chi connectivity index (χ0) is 17.3. The molecule has 0 atom stereocenters. The Hall–Kier alpha value is -0.570. The topological polar surface area (TPSA) is 37.3 Å². The molecule has 134 valence electrons. The van der Waals surface area contributed by atoms with Crippen LogP contribution in [0.25, 0.3) is 0 Å². The monoisotopic (exact) mass is 316 g/mol. The molecule has 0 spiro atoms. The summed E-state index contributed by atoms with van der Waals surface area (Å²) in [5, 5.41) is 7.72. The van der Waals surface area contributed by atoms with Gasteiger partial charge in [-0.15, -0.1) is 0 Å². The normalized spacial score (nSPS) is 11.0. The highest BCUT2D eigenvalue weighted by Crippen LogP contribution is 2.16. The van der Waals surface area contributed by atoms with Crippen LogP contribution in [-0.4, -0.2) is 41.7 Å². The predicted molar refractivity (Wildman–Crippen MR) is 97.3 cm³/mol. The molecule has 0 aromatic carbocycles. The highest BCUT2D eigenvalue weighted by Gasteiger charge is 2.24. The summed E-state index contributed by atoms with van der Waals surface area (Å²) in [4.78, 5) is 9.37. The predicted octanol–water partition coefficient (Wildman–Crippen LogP) is 5.48. The van der Waals surface area contributed by atoms with Crippen LogP contribution in [0.2, 0.25) is 0 Å². The number of aliphatic carboxylic acids is 1. The number of carbonyl (C=O) groups is 1. The Bertz CT molecular complexity index is 204. The first-order valence-electron chi connectivity index (χ1n) is 9.58. The van der Waals surface area contributed by atoms with Gasteiger partial charge in [0.15, 0.2) is 0 Å². The third kappa shape index (κ3) is 14.4. The Morgan fingerprint density at radius 3 is 1.05 bits per heavy atom. The van der Waals surface area contributed by atoms with Crippen molar-refractivity contribution >= 4 is 5.97 Å². The van der Waals surface area contributed by atoms with Gasteiger partial charge in [0.25, 0.3) is 0 Å². The number of nitrogens with zero attached hydrogens (tertiary/aromatic N) is 1. The van der Waals surface area contributed by atoms with E-state index in [1.807, 2.05) is 0 Å². The maximum atomic E-state index is 9.37. The number of hydrogen-bond acceptors (Lipinski definition) is 1. The summed E-state index contributed by atoms with van der Waals surface area (Å²) < 4.78 is 1.42. The van der Waals surface area contributed by atoms with Gasteiger partial charge in [-0.2, -0.15) is 0 Å². The van der Waals surface area contributed by atoms with Gasteiger partial charge in [0, 0.05) is 6.42 Å². The fourth-order valence-electron chi connectivity index (χ4n) is 2.64. The average Bonchev–Trinajstić information content (AvgIpc) is 2.54. The zero-order valence-electron chi connectivity index (χ0n) is 16.0. The van der Waals surface area contributed by atoms with E-state index in [-0.39, 0.29) is 6.42 Å². The van der Waals surface area contributed by atoms with Crippen molar-refractivity contribution in [2.75, 3.05) is 26.2 Å². The molecule has 0 saturated carbocycles. The van der Waals surface area contributed by atoms with Crippen LogP contribution in [0.15, 0.2) is 0 Å². The Morgan fingerprint density at radius 1 is 0.682 bits per heavy atom. The van der Waals surface area contributed by atoms with Crippen molar-refractivity contribution in [1.29, 1.82) is 0 Å². The van der Waals surface area contributed by atoms with E-state index < -0.39 is 5.97 Å². The minimum Gasteiger partial charge on any atom is -0.481 e. The molecule has 0 radical (unpaired) electrons. The molecule has 0 amide bonds. The molecule has 0 bridgehead atoms. The lowest BCUT2D eigenvalue weighted by Crippen LogP contribution is -2.50. The fraction of sp³-hybridized carbons (Fsp3) is 0.947. The van der Waals surface area contributed by atoms with Crippen molar-refractivity contribution in [2.45, 2.75) is 92.4 Å². The van der Waals surface area contributed by atoms with Gasteiger partial charge in [-0.3, -0.25) is 4.79 Å². The van der Waals surface area contributed by atoms with Gasteiger partial charge >= 0.3 is 5.97 Å². The molecular formula is C19H42NO2+. The lowest BCUT2D eigenvalue weighted by atomic mass is 10.1. The second kappa shape index (κ2) is 16.8. The maximum absolute atomic E-state index is 9.37. The van der Waals surface area contributed by atoms with Gasteiger partial charge < -0.3 is 9.59 Å². The Balaban J connectivity index is 0. The summed E-state index contributed by atoms with van der Waals surface area (Å²) in [7, 11) is 0. The number of hydrogen-bond donors (Lipinski definition) is 1. The van der Waals surface area contributed by atoms with Crippen LogP contribution in [0, 0.1) is 0 Å². The molecule has 0 fully saturated rings. The molecule has 0 heterocycles. The second-order valence-corrected chi connectivity index (χ2v) is 6.40. The number of carboxylic acids is 1. The maximum Gasteiger partial charge on any atom is 0.303 e. The molecule has 22 heavy (non-hydrogen) atoms. The van der Waals surface area contributed by atoms with Crippen molar-refractivity contribution in [1.82, 2.24) is 0 Å². The highest BCUT2D eigenvalue weighted by atomic mass is 16.4. The van der Waals surface area contributed by atoms with Gasteiger partial charge in [0.05, 0.1) is 26.2 Å². The van der Waals surface area contributed by atoms with Crippen molar-refractivity contribution in [3.8, 4) is 0 Å². The van der Waals surface area contributed by atoms with Crippen molar-refractivity contribution in [3.63, 3.8) is 0 Å². The number of unbranched alkanes of at least 4 members (excludes halogenated alkanes) is 4. The van der Waals surface area contributed by atoms with Gasteiger partial charge in [0.2, 0.25) is 0 Å². The molecule has 0 aromatic heterocycles. The van der Waals surface area contributed by atoms with Gasteiger partial charge in [0.1, 0.15) is 0 Å². The highest BCUT2D eigenvalue weighted by molar-refractivity contribution is 5.66. The Kier molecular flexibility index (Phi) is 18.1. The molecule has 0 aliphatic rings. The van der Waals surface area contributed by atoms with E-state index in [2.05, 4.69) is 27.7 Å². The lowest BCUT2D eigenvalue weighted by molar-refractivity contribution is -0.929. The third-order valence-electron chi connectivity index (χ3n) is 4.25.